The molecule has 0 amide bonds. The molecule has 0 N–H and O–H groups in total. The molecule has 0 heterocycles. The molecular weight excluding hydrogens is 188 g/mol. The maximum Gasteiger partial charge on any atom is 0 e. The zero-order chi connectivity index (χ0) is 5.41. The van der Waals surface area contributed by atoms with Crippen LogP contribution in [0.15, 0.2) is 0 Å². The Balaban J connectivity index is -0.0000000400. The van der Waals surface area contributed by atoms with Crippen molar-refractivity contribution in [1.29, 1.82) is 0 Å². The average Bonchev–Trinajstić information content (AvgIpc) is 1.39. The second kappa shape index (κ2) is 36.3. The summed E-state index contributed by atoms with van der Waals surface area (Å²) < 4.78 is 0. The van der Waals surface area contributed by atoms with Crippen LogP contribution >= 0.6 is 0 Å². The number of hydrogen-bond donors (Lipinski definition) is 0. The van der Waals surface area contributed by atoms with E-state index in [9.17, 15) is 0 Å². The Morgan fingerprint density at radius 2 is 1.00 bits per heavy atom. The molecule has 0 rings (SSSR count). The van der Waals surface area contributed by atoms with E-state index >= 15 is 0 Å². The molecule has 0 bridgehead atoms. The van der Waals surface area contributed by atoms with Gasteiger partial charge in [0.1, 0.15) is 0 Å². The van der Waals surface area contributed by atoms with E-state index in [1.165, 1.54) is 26.4 Å². The second-order valence-corrected chi connectivity index (χ2v) is 0.408. The number of carbonyl (C=O) groups excluding carboxylic acids is 2. The van der Waals surface area contributed by atoms with Gasteiger partial charge < -0.3 is 9.59 Å². The Morgan fingerprint density at radius 1 is 1.00 bits per heavy atom. The molecule has 0 saturated carbocycles. The van der Waals surface area contributed by atoms with Crippen LogP contribution in [0.1, 0.15) is 13.8 Å². The van der Waals surface area contributed by atoms with E-state index in [2.05, 4.69) is 0 Å². The molecule has 1 radical (unpaired) electrons. The third-order valence-electron chi connectivity index (χ3n) is 0. The van der Waals surface area contributed by atoms with E-state index in [4.69, 9.17) is 9.59 Å². The summed E-state index contributed by atoms with van der Waals surface area (Å²) in [5.41, 5.74) is 0. The fourth-order valence-electron chi connectivity index (χ4n) is 0. The first-order valence-corrected chi connectivity index (χ1v) is 1.41. The molecular formula is C4H6AgO2-2. The molecule has 0 fully saturated rings. The molecule has 0 saturated heterocycles. The molecule has 0 aromatic rings. The predicted octanol–water partition coefficient (Wildman–Crippen LogP) is 0.230. The molecule has 0 spiro atoms. The van der Waals surface area contributed by atoms with E-state index in [1.54, 1.807) is 0 Å². The van der Waals surface area contributed by atoms with E-state index < -0.39 is 0 Å². The third-order valence-corrected chi connectivity index (χ3v) is 0. The topological polar surface area (TPSA) is 34.1 Å². The minimum atomic E-state index is 0. The normalized spacial score (nSPS) is 3.71. The van der Waals surface area contributed by atoms with Gasteiger partial charge in [-0.25, -0.2) is 0 Å². The summed E-state index contributed by atoms with van der Waals surface area (Å²) >= 11 is 0. The van der Waals surface area contributed by atoms with E-state index in [1.807, 2.05) is 0 Å². The first-order chi connectivity index (χ1) is 2.83. The summed E-state index contributed by atoms with van der Waals surface area (Å²) in [6.07, 6.45) is 3.00. The van der Waals surface area contributed by atoms with Crippen molar-refractivity contribution in [3.63, 3.8) is 0 Å². The number of rotatable bonds is 0. The minimum absolute atomic E-state index is 0. The van der Waals surface area contributed by atoms with Gasteiger partial charge in [0, 0.05) is 22.4 Å². The Kier molecular flexibility index (Phi) is 81.4. The summed E-state index contributed by atoms with van der Waals surface area (Å²) in [5, 5.41) is 0. The van der Waals surface area contributed by atoms with Crippen LogP contribution in [-0.4, -0.2) is 12.6 Å². The van der Waals surface area contributed by atoms with E-state index in [-0.39, 0.29) is 22.4 Å². The van der Waals surface area contributed by atoms with Crippen molar-refractivity contribution in [2.24, 2.45) is 0 Å². The zero-order valence-electron chi connectivity index (χ0n) is 4.12. The van der Waals surface area contributed by atoms with Crippen LogP contribution in [0, 0.1) is 0 Å². The van der Waals surface area contributed by atoms with Gasteiger partial charge in [-0.05, 0) is 0 Å². The Labute approximate surface area is 58.8 Å². The third kappa shape index (κ3) is 15700. The van der Waals surface area contributed by atoms with Crippen molar-refractivity contribution >= 4 is 12.6 Å². The zero-order valence-corrected chi connectivity index (χ0v) is 5.60. The van der Waals surface area contributed by atoms with Gasteiger partial charge in [-0.2, -0.15) is 13.8 Å². The Bertz CT molecular complexity index is 30.7. The van der Waals surface area contributed by atoms with Crippen LogP contribution in [0.4, 0.5) is 0 Å². The fraction of sp³-hybridized carbons (Fsp3) is 0.500. The minimum Gasteiger partial charge on any atom is -0.542 e. The summed E-state index contributed by atoms with van der Waals surface area (Å²) in [6, 6.07) is 0. The van der Waals surface area contributed by atoms with Crippen LogP contribution in [-0.2, 0) is 32.0 Å². The van der Waals surface area contributed by atoms with Gasteiger partial charge in [-0.1, -0.05) is 0 Å². The van der Waals surface area contributed by atoms with Gasteiger partial charge in [-0.15, -0.1) is 0 Å². The molecule has 0 aliphatic rings. The van der Waals surface area contributed by atoms with Crippen molar-refractivity contribution < 1.29 is 32.0 Å². The Morgan fingerprint density at radius 3 is 1.00 bits per heavy atom. The van der Waals surface area contributed by atoms with Crippen molar-refractivity contribution in [2.45, 2.75) is 13.8 Å². The molecule has 0 aliphatic heterocycles. The first kappa shape index (κ1) is 15.7. The SMILES string of the molecule is C[C-]=O.C[C-]=O.[Ag]. The Hall–Kier alpha value is 0.0803. The fourth-order valence-corrected chi connectivity index (χ4v) is 0. The standard InChI is InChI=1S/2C2H3O.Ag/c2*1-2-3;/h2*1H3;/q2*-1;. The van der Waals surface area contributed by atoms with Gasteiger partial charge in [0.05, 0.1) is 0 Å². The van der Waals surface area contributed by atoms with Gasteiger partial charge in [0.2, 0.25) is 0 Å². The van der Waals surface area contributed by atoms with Crippen molar-refractivity contribution in [1.82, 2.24) is 0 Å². The molecule has 3 heteroatoms. The van der Waals surface area contributed by atoms with Crippen molar-refractivity contribution in [2.75, 3.05) is 0 Å². The molecule has 0 aromatic heterocycles. The molecule has 0 aliphatic carbocycles. The summed E-state index contributed by atoms with van der Waals surface area (Å²) in [6.45, 7) is 2.64. The summed E-state index contributed by atoms with van der Waals surface area (Å²) in [7, 11) is 0. The number of hydrogen-bond acceptors (Lipinski definition) is 2. The molecule has 0 unspecified atom stereocenters. The van der Waals surface area contributed by atoms with Crippen LogP contribution in [0.25, 0.3) is 0 Å². The van der Waals surface area contributed by atoms with Gasteiger partial charge in [0.15, 0.2) is 0 Å². The maximum atomic E-state index is 8.68. The molecule has 47 valence electrons. The molecule has 2 nitrogen and oxygen atoms in total. The smallest absolute Gasteiger partial charge is 0 e. The average molecular weight is 194 g/mol. The molecule has 0 atom stereocenters. The predicted molar refractivity (Wildman–Crippen MR) is 22.7 cm³/mol. The van der Waals surface area contributed by atoms with Crippen LogP contribution in [0.3, 0.4) is 0 Å². The van der Waals surface area contributed by atoms with Gasteiger partial charge in [-0.3, -0.25) is 12.6 Å². The van der Waals surface area contributed by atoms with Gasteiger partial charge >= 0.3 is 0 Å². The van der Waals surface area contributed by atoms with E-state index in [0.29, 0.717) is 0 Å². The quantitative estimate of drug-likeness (QED) is 0.408. The second-order valence-electron chi connectivity index (χ2n) is 0.408. The van der Waals surface area contributed by atoms with Crippen LogP contribution in [0.2, 0.25) is 0 Å². The van der Waals surface area contributed by atoms with E-state index in [0.717, 1.165) is 0 Å². The van der Waals surface area contributed by atoms with Gasteiger partial charge in [0.25, 0.3) is 0 Å². The maximum absolute atomic E-state index is 8.68. The van der Waals surface area contributed by atoms with Crippen LogP contribution < -0.4 is 0 Å². The summed E-state index contributed by atoms with van der Waals surface area (Å²) in [5.74, 6) is 0. The summed E-state index contributed by atoms with van der Waals surface area (Å²) in [4.78, 5) is 17.4. The van der Waals surface area contributed by atoms with Crippen molar-refractivity contribution in [3.05, 3.63) is 0 Å². The first-order valence-electron chi connectivity index (χ1n) is 1.41. The molecule has 7 heavy (non-hydrogen) atoms. The monoisotopic (exact) mass is 193 g/mol. The van der Waals surface area contributed by atoms with Crippen molar-refractivity contribution in [3.8, 4) is 0 Å². The van der Waals surface area contributed by atoms with Crippen LogP contribution in [0.5, 0.6) is 0 Å². The largest absolute Gasteiger partial charge is 0.542 e. The molecule has 0 aromatic carbocycles.